The van der Waals surface area contributed by atoms with Gasteiger partial charge < -0.3 is 19.4 Å². The van der Waals surface area contributed by atoms with Gasteiger partial charge in [0.05, 0.1) is 41.5 Å². The second kappa shape index (κ2) is 10.7. The molecule has 0 aliphatic carbocycles. The van der Waals surface area contributed by atoms with E-state index in [1.54, 1.807) is 19.8 Å². The molecule has 0 amide bonds. The Morgan fingerprint density at radius 1 is 0.921 bits per heavy atom. The SMILES string of the molecule is COC[C@@]1(n2cnnc2)CC[C@@](CO[C@H](C)c2cc(C(F)(F)F)cc(C(F)(F)F)c2)(c2ccccc2)NC1. The molecule has 4 rings (SSSR count). The van der Waals surface area contributed by atoms with Crippen molar-refractivity contribution in [1.82, 2.24) is 20.1 Å². The molecule has 12 heteroatoms. The van der Waals surface area contributed by atoms with Crippen LogP contribution in [0.4, 0.5) is 26.3 Å². The van der Waals surface area contributed by atoms with Crippen molar-refractivity contribution in [2.45, 2.75) is 49.3 Å². The number of methoxy groups -OCH3 is 1. The lowest BCUT2D eigenvalue weighted by molar-refractivity contribution is -0.143. The Balaban J connectivity index is 1.61. The molecule has 1 aliphatic heterocycles. The summed E-state index contributed by atoms with van der Waals surface area (Å²) in [7, 11) is 1.60. The number of nitrogens with one attached hydrogen (secondary N) is 1. The van der Waals surface area contributed by atoms with Crippen LogP contribution in [0.1, 0.15) is 48.1 Å². The first-order valence-electron chi connectivity index (χ1n) is 11.9. The molecule has 2 heterocycles. The minimum Gasteiger partial charge on any atom is -0.382 e. The zero-order valence-electron chi connectivity index (χ0n) is 20.8. The van der Waals surface area contributed by atoms with Crippen molar-refractivity contribution in [2.75, 3.05) is 26.9 Å². The van der Waals surface area contributed by atoms with Crippen LogP contribution in [0, 0.1) is 0 Å². The molecule has 1 N–H and O–H groups in total. The summed E-state index contributed by atoms with van der Waals surface area (Å²) in [6.07, 6.45) is -6.51. The Kier molecular flexibility index (Phi) is 7.87. The molecule has 0 saturated carbocycles. The van der Waals surface area contributed by atoms with Gasteiger partial charge in [-0.3, -0.25) is 0 Å². The number of rotatable bonds is 8. The maximum absolute atomic E-state index is 13.4. The Morgan fingerprint density at radius 3 is 2.03 bits per heavy atom. The third-order valence-corrected chi connectivity index (χ3v) is 7.14. The van der Waals surface area contributed by atoms with Crippen LogP contribution in [0.2, 0.25) is 0 Å². The zero-order chi connectivity index (χ0) is 27.6. The van der Waals surface area contributed by atoms with Crippen molar-refractivity contribution in [3.63, 3.8) is 0 Å². The summed E-state index contributed by atoms with van der Waals surface area (Å²) in [5.74, 6) is 0. The highest BCUT2D eigenvalue weighted by molar-refractivity contribution is 5.35. The van der Waals surface area contributed by atoms with Crippen molar-refractivity contribution in [2.24, 2.45) is 0 Å². The summed E-state index contributed by atoms with van der Waals surface area (Å²) >= 11 is 0. The molecule has 3 aromatic rings. The van der Waals surface area contributed by atoms with E-state index in [0.29, 0.717) is 38.1 Å². The lowest BCUT2D eigenvalue weighted by Gasteiger charge is -2.48. The molecule has 2 aromatic carbocycles. The molecule has 0 spiro atoms. The smallest absolute Gasteiger partial charge is 0.382 e. The van der Waals surface area contributed by atoms with E-state index in [9.17, 15) is 26.3 Å². The zero-order valence-corrected chi connectivity index (χ0v) is 20.8. The van der Waals surface area contributed by atoms with Gasteiger partial charge in [-0.2, -0.15) is 26.3 Å². The van der Waals surface area contributed by atoms with E-state index in [-0.39, 0.29) is 18.2 Å². The van der Waals surface area contributed by atoms with E-state index >= 15 is 0 Å². The van der Waals surface area contributed by atoms with E-state index in [0.717, 1.165) is 5.56 Å². The first-order valence-corrected chi connectivity index (χ1v) is 11.9. The third-order valence-electron chi connectivity index (χ3n) is 7.14. The number of ether oxygens (including phenoxy) is 2. The van der Waals surface area contributed by atoms with Crippen molar-refractivity contribution in [3.8, 4) is 0 Å². The summed E-state index contributed by atoms with van der Waals surface area (Å²) in [6.45, 7) is 2.28. The Bertz CT molecular complexity index is 1160. The monoisotopic (exact) mass is 542 g/mol. The highest BCUT2D eigenvalue weighted by Gasteiger charge is 2.45. The molecule has 1 aromatic heterocycles. The fourth-order valence-electron chi connectivity index (χ4n) is 4.88. The van der Waals surface area contributed by atoms with Gasteiger partial charge in [0.15, 0.2) is 0 Å². The molecule has 0 radical (unpaired) electrons. The highest BCUT2D eigenvalue weighted by atomic mass is 19.4. The molecule has 3 atom stereocenters. The molecule has 1 fully saturated rings. The largest absolute Gasteiger partial charge is 0.416 e. The van der Waals surface area contributed by atoms with Crippen LogP contribution in [-0.2, 0) is 32.9 Å². The van der Waals surface area contributed by atoms with Crippen molar-refractivity contribution >= 4 is 0 Å². The predicted molar refractivity (Wildman–Crippen MR) is 126 cm³/mol. The van der Waals surface area contributed by atoms with E-state index in [2.05, 4.69) is 15.5 Å². The summed E-state index contributed by atoms with van der Waals surface area (Å²) in [6, 6.07) is 10.9. The molecular formula is C26H28F6N4O2. The summed E-state index contributed by atoms with van der Waals surface area (Å²) in [4.78, 5) is 0. The van der Waals surface area contributed by atoms with E-state index in [4.69, 9.17) is 9.47 Å². The van der Waals surface area contributed by atoms with Crippen molar-refractivity contribution in [1.29, 1.82) is 0 Å². The maximum Gasteiger partial charge on any atom is 0.416 e. The second-order valence-corrected chi connectivity index (χ2v) is 9.62. The van der Waals surface area contributed by atoms with Crippen molar-refractivity contribution < 1.29 is 35.8 Å². The predicted octanol–water partition coefficient (Wildman–Crippen LogP) is 5.71. The quantitative estimate of drug-likeness (QED) is 0.370. The fourth-order valence-corrected chi connectivity index (χ4v) is 4.88. The van der Waals surface area contributed by atoms with Gasteiger partial charge in [-0.05, 0) is 49.1 Å². The lowest BCUT2D eigenvalue weighted by atomic mass is 9.76. The molecule has 38 heavy (non-hydrogen) atoms. The van der Waals surface area contributed by atoms with Crippen LogP contribution in [0.25, 0.3) is 0 Å². The Labute approximate surface area is 216 Å². The van der Waals surface area contributed by atoms with Gasteiger partial charge in [-0.25, -0.2) is 0 Å². The number of halogens is 6. The van der Waals surface area contributed by atoms with Crippen LogP contribution in [-0.4, -0.2) is 41.6 Å². The number of aromatic nitrogens is 3. The normalized spacial score (nSPS) is 23.4. The highest BCUT2D eigenvalue weighted by Crippen LogP contribution is 2.41. The number of benzene rings is 2. The van der Waals surface area contributed by atoms with Gasteiger partial charge in [-0.1, -0.05) is 30.3 Å². The molecule has 206 valence electrons. The van der Waals surface area contributed by atoms with E-state index in [1.807, 2.05) is 34.9 Å². The number of piperidine rings is 1. The molecule has 0 unspecified atom stereocenters. The number of nitrogens with zero attached hydrogens (tertiary/aromatic N) is 3. The number of hydrogen-bond acceptors (Lipinski definition) is 5. The Morgan fingerprint density at radius 2 is 1.53 bits per heavy atom. The van der Waals surface area contributed by atoms with Gasteiger partial charge in [0.25, 0.3) is 0 Å². The van der Waals surface area contributed by atoms with Crippen LogP contribution in [0.15, 0.2) is 61.2 Å². The summed E-state index contributed by atoms with van der Waals surface area (Å²) in [5.41, 5.74) is -3.28. The minimum absolute atomic E-state index is 0.0149. The van der Waals surface area contributed by atoms with E-state index in [1.165, 1.54) is 6.92 Å². The van der Waals surface area contributed by atoms with Gasteiger partial charge in [0.1, 0.15) is 12.7 Å². The Hall–Kier alpha value is -2.96. The average molecular weight is 543 g/mol. The summed E-state index contributed by atoms with van der Waals surface area (Å²) < 4.78 is 93.6. The van der Waals surface area contributed by atoms with Crippen LogP contribution in [0.3, 0.4) is 0 Å². The van der Waals surface area contributed by atoms with Gasteiger partial charge in [0.2, 0.25) is 0 Å². The number of hydrogen-bond donors (Lipinski definition) is 1. The lowest BCUT2D eigenvalue weighted by Crippen LogP contribution is -2.60. The third kappa shape index (κ3) is 5.87. The van der Waals surface area contributed by atoms with Gasteiger partial charge >= 0.3 is 12.4 Å². The second-order valence-electron chi connectivity index (χ2n) is 9.62. The fraction of sp³-hybridized carbons (Fsp3) is 0.462. The first-order chi connectivity index (χ1) is 17.9. The first kappa shape index (κ1) is 28.1. The van der Waals surface area contributed by atoms with E-state index < -0.39 is 40.7 Å². The molecular weight excluding hydrogens is 514 g/mol. The molecule has 1 aliphatic rings. The topological polar surface area (TPSA) is 61.2 Å². The van der Waals surface area contributed by atoms with Crippen molar-refractivity contribution in [3.05, 3.63) is 83.4 Å². The minimum atomic E-state index is -4.93. The maximum atomic E-state index is 13.4. The van der Waals surface area contributed by atoms with Crippen LogP contribution in [0.5, 0.6) is 0 Å². The van der Waals surface area contributed by atoms with Gasteiger partial charge in [-0.15, -0.1) is 10.2 Å². The van der Waals surface area contributed by atoms with Gasteiger partial charge in [0, 0.05) is 13.7 Å². The average Bonchev–Trinajstić information content (AvgIpc) is 3.44. The molecule has 0 bridgehead atoms. The molecule has 6 nitrogen and oxygen atoms in total. The van der Waals surface area contributed by atoms with Crippen LogP contribution < -0.4 is 5.32 Å². The summed E-state index contributed by atoms with van der Waals surface area (Å²) in [5, 5.41) is 11.4. The standard InChI is InChI=1S/C26H28F6N4O2/c1-18(19-10-21(25(27,28)29)12-22(11-19)26(30,31)32)38-15-24(20-6-4-3-5-7-20)9-8-23(13-33-24,14-37-2)36-16-34-35-17-36/h3-7,10-12,16-18,33H,8-9,13-15H2,1-2H3/t18-,23-,24-/m1/s1. The number of alkyl halides is 6. The molecule has 1 saturated heterocycles. The van der Waals surface area contributed by atoms with Crippen LogP contribution >= 0.6 is 0 Å².